The summed E-state index contributed by atoms with van der Waals surface area (Å²) in [5.41, 5.74) is 2.10. The molecule has 0 aliphatic heterocycles. The molecule has 0 unspecified atom stereocenters. The molecular weight excluding hydrogens is 386 g/mol. The number of rotatable bonds is 8. The van der Waals surface area contributed by atoms with Crippen LogP contribution in [0.15, 0.2) is 46.9 Å². The molecule has 7 nitrogen and oxygen atoms in total. The quantitative estimate of drug-likeness (QED) is 0.597. The van der Waals surface area contributed by atoms with E-state index in [-0.39, 0.29) is 0 Å². The second-order valence-electron chi connectivity index (χ2n) is 5.19. The average molecular weight is 404 g/mol. The Hall–Kier alpha value is -2.61. The number of aromatic amines is 1. The molecule has 1 heterocycles. The number of ether oxygens (including phenoxy) is 2. The van der Waals surface area contributed by atoms with Crippen LogP contribution in [0.4, 0.5) is 5.95 Å². The minimum atomic E-state index is 0.439. The fraction of sp³-hybridized carbons (Fsp3) is 0.235. The molecule has 0 radical (unpaired) electrons. The van der Waals surface area contributed by atoms with E-state index in [1.807, 2.05) is 49.4 Å². The summed E-state index contributed by atoms with van der Waals surface area (Å²) in [6, 6.07) is 13.9. The number of halogens is 1. The Kier molecular flexibility index (Phi) is 5.84. The van der Waals surface area contributed by atoms with E-state index in [2.05, 4.69) is 41.9 Å². The summed E-state index contributed by atoms with van der Waals surface area (Å²) in [7, 11) is 0. The Morgan fingerprint density at radius 3 is 2.64 bits per heavy atom. The van der Waals surface area contributed by atoms with E-state index in [0.717, 1.165) is 15.6 Å². The van der Waals surface area contributed by atoms with Crippen LogP contribution in [-0.4, -0.2) is 27.2 Å². The highest BCUT2D eigenvalue weighted by Gasteiger charge is 2.12. The van der Waals surface area contributed by atoms with Crippen molar-refractivity contribution in [1.82, 2.24) is 20.6 Å². The van der Waals surface area contributed by atoms with Crippen LogP contribution in [-0.2, 0) is 13.2 Å². The molecule has 0 atom stereocenters. The van der Waals surface area contributed by atoms with Gasteiger partial charge in [0, 0.05) is 11.0 Å². The number of benzene rings is 2. The van der Waals surface area contributed by atoms with Crippen LogP contribution < -0.4 is 14.8 Å². The summed E-state index contributed by atoms with van der Waals surface area (Å²) in [6.07, 6.45) is 0. The minimum Gasteiger partial charge on any atom is -0.490 e. The third kappa shape index (κ3) is 4.69. The standard InChI is InChI=1S/C17H18BrN5O2/c1-2-24-15-8-13(10-19-17-20-22-23-21-17)14(18)9-16(15)25-11-12-6-4-3-5-7-12/h3-9H,2,10-11H2,1H3,(H2,19,20,21,22,23). The van der Waals surface area contributed by atoms with Gasteiger partial charge in [-0.05, 0) is 35.4 Å². The summed E-state index contributed by atoms with van der Waals surface area (Å²) in [4.78, 5) is 0. The van der Waals surface area contributed by atoms with Crippen molar-refractivity contribution in [2.45, 2.75) is 20.1 Å². The zero-order valence-corrected chi connectivity index (χ0v) is 15.3. The number of H-pyrrole nitrogens is 1. The second-order valence-corrected chi connectivity index (χ2v) is 6.04. The molecule has 130 valence electrons. The molecule has 25 heavy (non-hydrogen) atoms. The molecule has 0 saturated carbocycles. The highest BCUT2D eigenvalue weighted by molar-refractivity contribution is 9.10. The molecule has 1 aromatic heterocycles. The number of hydrogen-bond acceptors (Lipinski definition) is 6. The van der Waals surface area contributed by atoms with Gasteiger partial charge in [-0.25, -0.2) is 0 Å². The van der Waals surface area contributed by atoms with Crippen molar-refractivity contribution in [3.05, 3.63) is 58.1 Å². The molecule has 8 heteroatoms. The lowest BCUT2D eigenvalue weighted by molar-refractivity contribution is 0.269. The Morgan fingerprint density at radius 1 is 1.12 bits per heavy atom. The summed E-state index contributed by atoms with van der Waals surface area (Å²) < 4.78 is 12.6. The summed E-state index contributed by atoms with van der Waals surface area (Å²) in [5, 5.41) is 16.7. The van der Waals surface area contributed by atoms with Crippen LogP contribution in [0.2, 0.25) is 0 Å². The van der Waals surface area contributed by atoms with E-state index in [9.17, 15) is 0 Å². The lowest BCUT2D eigenvalue weighted by atomic mass is 10.2. The normalized spacial score (nSPS) is 10.5. The summed E-state index contributed by atoms with van der Waals surface area (Å²) in [6.45, 7) is 3.51. The molecular formula is C17H18BrN5O2. The lowest BCUT2D eigenvalue weighted by Crippen LogP contribution is -2.05. The Bertz CT molecular complexity index is 796. The number of nitrogens with zero attached hydrogens (tertiary/aromatic N) is 3. The van der Waals surface area contributed by atoms with Crippen LogP contribution >= 0.6 is 15.9 Å². The highest BCUT2D eigenvalue weighted by atomic mass is 79.9. The number of aromatic nitrogens is 4. The van der Waals surface area contributed by atoms with Gasteiger partial charge in [0.25, 0.3) is 5.95 Å². The van der Waals surface area contributed by atoms with Crippen molar-refractivity contribution in [3.63, 3.8) is 0 Å². The van der Waals surface area contributed by atoms with Crippen molar-refractivity contribution in [2.75, 3.05) is 11.9 Å². The topological polar surface area (TPSA) is 85.0 Å². The van der Waals surface area contributed by atoms with Crippen molar-refractivity contribution >= 4 is 21.9 Å². The van der Waals surface area contributed by atoms with Gasteiger partial charge in [-0.1, -0.05) is 51.4 Å². The van der Waals surface area contributed by atoms with Crippen molar-refractivity contribution in [3.8, 4) is 11.5 Å². The molecule has 0 aliphatic carbocycles. The van der Waals surface area contributed by atoms with E-state index in [4.69, 9.17) is 9.47 Å². The smallest absolute Gasteiger partial charge is 0.263 e. The summed E-state index contributed by atoms with van der Waals surface area (Å²) >= 11 is 3.58. The van der Waals surface area contributed by atoms with Crippen LogP contribution in [0.25, 0.3) is 0 Å². The molecule has 2 N–H and O–H groups in total. The number of anilines is 1. The first-order chi connectivity index (χ1) is 12.3. The van der Waals surface area contributed by atoms with Gasteiger partial charge in [0.15, 0.2) is 11.5 Å². The van der Waals surface area contributed by atoms with E-state index >= 15 is 0 Å². The predicted octanol–water partition coefficient (Wildman–Crippen LogP) is 3.55. The van der Waals surface area contributed by atoms with Gasteiger partial charge in [-0.3, -0.25) is 0 Å². The van der Waals surface area contributed by atoms with Gasteiger partial charge in [0.05, 0.1) is 6.61 Å². The van der Waals surface area contributed by atoms with Gasteiger partial charge < -0.3 is 14.8 Å². The second kappa shape index (κ2) is 8.48. The maximum Gasteiger partial charge on any atom is 0.263 e. The monoisotopic (exact) mass is 403 g/mol. The first-order valence-electron chi connectivity index (χ1n) is 7.85. The molecule has 0 saturated heterocycles. The van der Waals surface area contributed by atoms with Crippen LogP contribution in [0, 0.1) is 0 Å². The molecule has 0 fully saturated rings. The summed E-state index contributed by atoms with van der Waals surface area (Å²) in [5.74, 6) is 1.83. The molecule has 3 aromatic rings. The number of hydrogen-bond donors (Lipinski definition) is 2. The van der Waals surface area contributed by atoms with E-state index in [0.29, 0.717) is 37.2 Å². The van der Waals surface area contributed by atoms with Gasteiger partial charge >= 0.3 is 0 Å². The van der Waals surface area contributed by atoms with E-state index < -0.39 is 0 Å². The van der Waals surface area contributed by atoms with Gasteiger partial charge in [0.2, 0.25) is 0 Å². The average Bonchev–Trinajstić information content (AvgIpc) is 3.15. The maximum atomic E-state index is 5.95. The molecule has 0 amide bonds. The van der Waals surface area contributed by atoms with E-state index in [1.165, 1.54) is 0 Å². The lowest BCUT2D eigenvalue weighted by Gasteiger charge is -2.15. The van der Waals surface area contributed by atoms with Crippen LogP contribution in [0.5, 0.6) is 11.5 Å². The maximum absolute atomic E-state index is 5.95. The Balaban J connectivity index is 1.74. The third-order valence-electron chi connectivity index (χ3n) is 3.43. The third-order valence-corrected chi connectivity index (χ3v) is 4.17. The van der Waals surface area contributed by atoms with Crippen molar-refractivity contribution in [1.29, 1.82) is 0 Å². The molecule has 0 spiro atoms. The van der Waals surface area contributed by atoms with Crippen LogP contribution in [0.1, 0.15) is 18.1 Å². The Labute approximate surface area is 153 Å². The van der Waals surface area contributed by atoms with Gasteiger partial charge in [-0.2, -0.15) is 5.21 Å². The minimum absolute atomic E-state index is 0.439. The van der Waals surface area contributed by atoms with Crippen molar-refractivity contribution in [2.24, 2.45) is 0 Å². The number of nitrogens with one attached hydrogen (secondary N) is 2. The zero-order chi connectivity index (χ0) is 17.5. The largest absolute Gasteiger partial charge is 0.490 e. The highest BCUT2D eigenvalue weighted by Crippen LogP contribution is 2.34. The van der Waals surface area contributed by atoms with Gasteiger partial charge in [-0.15, -0.1) is 5.10 Å². The molecule has 2 aromatic carbocycles. The SMILES string of the molecule is CCOc1cc(CNc2nn[nH]n2)c(Br)cc1OCc1ccccc1. The molecule has 0 bridgehead atoms. The predicted molar refractivity (Wildman–Crippen MR) is 97.6 cm³/mol. The molecule has 0 aliphatic rings. The fourth-order valence-corrected chi connectivity index (χ4v) is 2.70. The first-order valence-corrected chi connectivity index (χ1v) is 8.65. The van der Waals surface area contributed by atoms with Gasteiger partial charge in [0.1, 0.15) is 6.61 Å². The zero-order valence-electron chi connectivity index (χ0n) is 13.7. The van der Waals surface area contributed by atoms with Crippen LogP contribution in [0.3, 0.4) is 0 Å². The first kappa shape index (κ1) is 17.2. The van der Waals surface area contributed by atoms with Crippen molar-refractivity contribution < 1.29 is 9.47 Å². The molecule has 3 rings (SSSR count). The van der Waals surface area contributed by atoms with E-state index in [1.54, 1.807) is 0 Å². The number of tetrazole rings is 1. The Morgan fingerprint density at radius 2 is 1.92 bits per heavy atom. The fourth-order valence-electron chi connectivity index (χ4n) is 2.24.